The van der Waals surface area contributed by atoms with E-state index in [-0.39, 0.29) is 17.9 Å². The van der Waals surface area contributed by atoms with Crippen LogP contribution in [-0.4, -0.2) is 62.0 Å². The van der Waals surface area contributed by atoms with Gasteiger partial charge in [-0.15, -0.1) is 0 Å². The van der Waals surface area contributed by atoms with E-state index >= 15 is 0 Å². The molecular weight excluding hydrogens is 364 g/mol. The topological polar surface area (TPSA) is 64.7 Å². The summed E-state index contributed by atoms with van der Waals surface area (Å²) in [7, 11) is 3.96. The molecular formula is C23H30N4O2. The van der Waals surface area contributed by atoms with E-state index in [1.165, 1.54) is 0 Å². The number of anilines is 1. The van der Waals surface area contributed by atoms with Gasteiger partial charge in [-0.05, 0) is 56.8 Å². The van der Waals surface area contributed by atoms with Crippen molar-refractivity contribution in [2.75, 3.05) is 45.6 Å². The first-order valence-corrected chi connectivity index (χ1v) is 10.2. The standard InChI is InChI=1S/C23H30N4O2/c1-26(2)15-13-24-22(28)19-9-6-8-18(16-19)20-10-7-14-27(17-20)23(29)25-21-11-4-3-5-12-21/h3-6,8-9,11-12,16,20H,7,10,13-15,17H2,1-2H3,(H,24,28)(H,25,29)/t20-/m1/s1. The lowest BCUT2D eigenvalue weighted by atomic mass is 9.89. The highest BCUT2D eigenvalue weighted by Gasteiger charge is 2.25. The summed E-state index contributed by atoms with van der Waals surface area (Å²) in [6, 6.07) is 17.2. The predicted octanol–water partition coefficient (Wildman–Crippen LogP) is 3.39. The fourth-order valence-electron chi connectivity index (χ4n) is 3.59. The number of urea groups is 1. The molecule has 1 aliphatic heterocycles. The van der Waals surface area contributed by atoms with E-state index in [1.807, 2.05) is 72.4 Å². The summed E-state index contributed by atoms with van der Waals surface area (Å²) < 4.78 is 0. The molecule has 3 amide bonds. The number of benzene rings is 2. The Morgan fingerprint density at radius 1 is 1.10 bits per heavy atom. The number of likely N-dealkylation sites (N-methyl/N-ethyl adjacent to an activating group) is 1. The van der Waals surface area contributed by atoms with Gasteiger partial charge in [-0.1, -0.05) is 30.3 Å². The van der Waals surface area contributed by atoms with Gasteiger partial charge in [0.2, 0.25) is 0 Å². The lowest BCUT2D eigenvalue weighted by molar-refractivity contribution is 0.0950. The maximum atomic E-state index is 12.6. The molecule has 0 saturated carbocycles. The SMILES string of the molecule is CN(C)CCNC(=O)c1cccc([C@@H]2CCCN(C(=O)Nc3ccccc3)C2)c1. The highest BCUT2D eigenvalue weighted by atomic mass is 16.2. The van der Waals surface area contributed by atoms with Crippen LogP contribution in [0.5, 0.6) is 0 Å². The van der Waals surface area contributed by atoms with Crippen molar-refractivity contribution in [3.8, 4) is 0 Å². The third-order valence-corrected chi connectivity index (χ3v) is 5.20. The first-order chi connectivity index (χ1) is 14.0. The molecule has 2 aromatic rings. The van der Waals surface area contributed by atoms with E-state index in [0.717, 1.165) is 37.2 Å². The molecule has 2 N–H and O–H groups in total. The van der Waals surface area contributed by atoms with Crippen LogP contribution in [0.4, 0.5) is 10.5 Å². The number of para-hydroxylation sites is 1. The molecule has 6 nitrogen and oxygen atoms in total. The summed E-state index contributed by atoms with van der Waals surface area (Å²) in [5, 5.41) is 5.92. The number of amides is 3. The summed E-state index contributed by atoms with van der Waals surface area (Å²) in [5.74, 6) is 0.183. The van der Waals surface area contributed by atoms with Crippen LogP contribution < -0.4 is 10.6 Å². The van der Waals surface area contributed by atoms with Crippen LogP contribution in [0.15, 0.2) is 54.6 Å². The van der Waals surface area contributed by atoms with Crippen molar-refractivity contribution >= 4 is 17.6 Å². The molecule has 1 fully saturated rings. The zero-order valence-electron chi connectivity index (χ0n) is 17.2. The zero-order valence-corrected chi connectivity index (χ0v) is 17.2. The van der Waals surface area contributed by atoms with Gasteiger partial charge >= 0.3 is 6.03 Å². The molecule has 0 unspecified atom stereocenters. The Bertz CT molecular complexity index is 823. The minimum Gasteiger partial charge on any atom is -0.351 e. The highest BCUT2D eigenvalue weighted by Crippen LogP contribution is 2.28. The Balaban J connectivity index is 1.61. The number of nitrogens with one attached hydrogen (secondary N) is 2. The van der Waals surface area contributed by atoms with Gasteiger partial charge in [-0.25, -0.2) is 4.79 Å². The van der Waals surface area contributed by atoms with Crippen LogP contribution in [0, 0.1) is 0 Å². The van der Waals surface area contributed by atoms with Gasteiger partial charge in [0.05, 0.1) is 0 Å². The van der Waals surface area contributed by atoms with Gasteiger partial charge in [-0.3, -0.25) is 4.79 Å². The lowest BCUT2D eigenvalue weighted by Crippen LogP contribution is -2.41. The summed E-state index contributed by atoms with van der Waals surface area (Å²) in [4.78, 5) is 29.0. The molecule has 154 valence electrons. The maximum absolute atomic E-state index is 12.6. The summed E-state index contributed by atoms with van der Waals surface area (Å²) >= 11 is 0. The van der Waals surface area contributed by atoms with Crippen LogP contribution in [0.3, 0.4) is 0 Å². The monoisotopic (exact) mass is 394 g/mol. The molecule has 2 aromatic carbocycles. The fourth-order valence-corrected chi connectivity index (χ4v) is 3.59. The largest absolute Gasteiger partial charge is 0.351 e. The van der Waals surface area contributed by atoms with Crippen molar-refractivity contribution in [2.45, 2.75) is 18.8 Å². The Morgan fingerprint density at radius 3 is 2.66 bits per heavy atom. The van der Waals surface area contributed by atoms with Crippen molar-refractivity contribution in [3.63, 3.8) is 0 Å². The van der Waals surface area contributed by atoms with Gasteiger partial charge < -0.3 is 20.4 Å². The van der Waals surface area contributed by atoms with Gasteiger partial charge in [0.1, 0.15) is 0 Å². The third-order valence-electron chi connectivity index (χ3n) is 5.20. The number of hydrogen-bond acceptors (Lipinski definition) is 3. The second kappa shape index (κ2) is 10.1. The normalized spacial score (nSPS) is 16.5. The zero-order chi connectivity index (χ0) is 20.6. The molecule has 1 saturated heterocycles. The van der Waals surface area contributed by atoms with Crippen LogP contribution in [-0.2, 0) is 0 Å². The first-order valence-electron chi connectivity index (χ1n) is 10.2. The van der Waals surface area contributed by atoms with Crippen molar-refractivity contribution in [3.05, 3.63) is 65.7 Å². The van der Waals surface area contributed by atoms with Crippen LogP contribution in [0.1, 0.15) is 34.7 Å². The number of carbonyl (C=O) groups excluding carboxylic acids is 2. The van der Waals surface area contributed by atoms with Crippen molar-refractivity contribution in [2.24, 2.45) is 0 Å². The molecule has 1 aliphatic rings. The van der Waals surface area contributed by atoms with Crippen molar-refractivity contribution in [1.82, 2.24) is 15.1 Å². The van der Waals surface area contributed by atoms with E-state index in [0.29, 0.717) is 18.7 Å². The van der Waals surface area contributed by atoms with Crippen LogP contribution >= 0.6 is 0 Å². The van der Waals surface area contributed by atoms with E-state index in [4.69, 9.17) is 0 Å². The lowest BCUT2D eigenvalue weighted by Gasteiger charge is -2.33. The summed E-state index contributed by atoms with van der Waals surface area (Å²) in [6.07, 6.45) is 1.97. The van der Waals surface area contributed by atoms with Crippen LogP contribution in [0.2, 0.25) is 0 Å². The van der Waals surface area contributed by atoms with E-state index in [1.54, 1.807) is 0 Å². The first kappa shape index (κ1) is 20.9. The number of hydrogen-bond donors (Lipinski definition) is 2. The second-order valence-corrected chi connectivity index (χ2v) is 7.77. The number of carbonyl (C=O) groups is 2. The molecule has 0 bridgehead atoms. The van der Waals surface area contributed by atoms with Crippen molar-refractivity contribution < 1.29 is 9.59 Å². The van der Waals surface area contributed by atoms with Gasteiger partial charge in [0, 0.05) is 43.3 Å². The highest BCUT2D eigenvalue weighted by molar-refractivity contribution is 5.94. The van der Waals surface area contributed by atoms with Crippen molar-refractivity contribution in [1.29, 1.82) is 0 Å². The van der Waals surface area contributed by atoms with Gasteiger partial charge in [0.15, 0.2) is 0 Å². The Morgan fingerprint density at radius 2 is 1.90 bits per heavy atom. The number of rotatable bonds is 6. The molecule has 1 atom stereocenters. The Labute approximate surface area is 172 Å². The van der Waals surface area contributed by atoms with E-state index < -0.39 is 0 Å². The third kappa shape index (κ3) is 6.06. The quantitative estimate of drug-likeness (QED) is 0.789. The second-order valence-electron chi connectivity index (χ2n) is 7.77. The molecule has 3 rings (SSSR count). The summed E-state index contributed by atoms with van der Waals surface area (Å²) in [6.45, 7) is 2.83. The molecule has 0 radical (unpaired) electrons. The van der Waals surface area contributed by atoms with Gasteiger partial charge in [0.25, 0.3) is 5.91 Å². The maximum Gasteiger partial charge on any atom is 0.321 e. The number of piperidine rings is 1. The smallest absolute Gasteiger partial charge is 0.321 e. The average molecular weight is 395 g/mol. The van der Waals surface area contributed by atoms with E-state index in [2.05, 4.69) is 16.7 Å². The number of likely N-dealkylation sites (tertiary alicyclic amines) is 1. The molecule has 6 heteroatoms. The van der Waals surface area contributed by atoms with E-state index in [9.17, 15) is 9.59 Å². The Kier molecular flexibility index (Phi) is 7.25. The molecule has 1 heterocycles. The Hall–Kier alpha value is -2.86. The molecule has 29 heavy (non-hydrogen) atoms. The van der Waals surface area contributed by atoms with Gasteiger partial charge in [-0.2, -0.15) is 0 Å². The van der Waals surface area contributed by atoms with Crippen LogP contribution in [0.25, 0.3) is 0 Å². The minimum atomic E-state index is -0.0708. The minimum absolute atomic E-state index is 0.0526. The predicted molar refractivity (Wildman–Crippen MR) is 116 cm³/mol. The molecule has 0 aromatic heterocycles. The average Bonchev–Trinajstić information content (AvgIpc) is 2.74. The molecule has 0 aliphatic carbocycles. The fraction of sp³-hybridized carbons (Fsp3) is 0.391. The number of nitrogens with zero attached hydrogens (tertiary/aromatic N) is 2. The summed E-state index contributed by atoms with van der Waals surface area (Å²) in [5.41, 5.74) is 2.59. The molecule has 0 spiro atoms.